The number of ketones is 1. The second-order valence-electron chi connectivity index (χ2n) is 8.66. The van der Waals surface area contributed by atoms with Crippen LogP contribution in [0.25, 0.3) is 5.76 Å². The molecule has 0 aliphatic carbocycles. The van der Waals surface area contributed by atoms with Gasteiger partial charge in [-0.2, -0.15) is 0 Å². The van der Waals surface area contributed by atoms with Crippen LogP contribution >= 0.6 is 11.3 Å². The number of nitrogens with zero attached hydrogens (tertiary/aromatic N) is 3. The van der Waals surface area contributed by atoms with E-state index in [2.05, 4.69) is 16.9 Å². The maximum Gasteiger partial charge on any atom is 0.350 e. The number of esters is 1. The number of carbonyl (C=O) groups excluding carboxylic acids is 3. The number of benzene rings is 1. The summed E-state index contributed by atoms with van der Waals surface area (Å²) in [6.45, 7) is 6.23. The van der Waals surface area contributed by atoms with Crippen molar-refractivity contribution in [3.63, 3.8) is 0 Å². The van der Waals surface area contributed by atoms with Gasteiger partial charge in [-0.3, -0.25) is 19.5 Å². The van der Waals surface area contributed by atoms with Gasteiger partial charge in [-0.1, -0.05) is 43.2 Å². The van der Waals surface area contributed by atoms with E-state index in [1.165, 1.54) is 17.3 Å². The molecule has 198 valence electrons. The van der Waals surface area contributed by atoms with Gasteiger partial charge in [0.25, 0.3) is 5.78 Å². The maximum atomic E-state index is 13.4. The molecule has 38 heavy (non-hydrogen) atoms. The van der Waals surface area contributed by atoms with Crippen molar-refractivity contribution in [1.29, 1.82) is 0 Å². The summed E-state index contributed by atoms with van der Waals surface area (Å²) in [7, 11) is 0. The van der Waals surface area contributed by atoms with Gasteiger partial charge in [-0.15, -0.1) is 0 Å². The first-order valence-electron chi connectivity index (χ1n) is 12.5. The molecule has 1 saturated heterocycles. The monoisotopic (exact) mass is 535 g/mol. The SMILES string of the molecule is CCCCCOc1ccc(C2/C(=C(\O)c3ccncc3)C(=O)C(=O)N2c2nc(C)c(C(=O)OCC)s2)cc1. The lowest BCUT2D eigenvalue weighted by molar-refractivity contribution is -0.132. The Kier molecular flexibility index (Phi) is 8.52. The zero-order chi connectivity index (χ0) is 27.2. The lowest BCUT2D eigenvalue weighted by Crippen LogP contribution is -2.29. The van der Waals surface area contributed by atoms with Crippen LogP contribution in [0.15, 0.2) is 54.4 Å². The van der Waals surface area contributed by atoms with Crippen LogP contribution in [0.1, 0.15) is 65.6 Å². The van der Waals surface area contributed by atoms with Crippen LogP contribution in [0.4, 0.5) is 5.13 Å². The fourth-order valence-corrected chi connectivity index (χ4v) is 5.16. The maximum absolute atomic E-state index is 13.4. The van der Waals surface area contributed by atoms with Crippen LogP contribution in [0.5, 0.6) is 5.75 Å². The molecule has 1 atom stereocenters. The van der Waals surface area contributed by atoms with Gasteiger partial charge in [0.1, 0.15) is 16.4 Å². The molecule has 1 aliphatic heterocycles. The number of amides is 1. The first-order chi connectivity index (χ1) is 18.4. The molecule has 1 amide bonds. The first kappa shape index (κ1) is 27.0. The molecule has 2 aromatic heterocycles. The quantitative estimate of drug-likeness (QED) is 0.123. The number of carbonyl (C=O) groups is 3. The molecule has 1 unspecified atom stereocenters. The predicted octanol–water partition coefficient (Wildman–Crippen LogP) is 5.22. The summed E-state index contributed by atoms with van der Waals surface area (Å²) < 4.78 is 10.9. The number of hydrogen-bond acceptors (Lipinski definition) is 9. The van der Waals surface area contributed by atoms with E-state index in [-0.39, 0.29) is 27.9 Å². The number of rotatable bonds is 10. The Hall–Kier alpha value is -4.05. The van der Waals surface area contributed by atoms with Crippen LogP contribution in [-0.2, 0) is 14.3 Å². The van der Waals surface area contributed by atoms with Crippen molar-refractivity contribution in [3.8, 4) is 5.75 Å². The van der Waals surface area contributed by atoms with Crippen LogP contribution in [0.3, 0.4) is 0 Å². The van der Waals surface area contributed by atoms with Crippen LogP contribution < -0.4 is 9.64 Å². The fraction of sp³-hybridized carbons (Fsp3) is 0.321. The summed E-state index contributed by atoms with van der Waals surface area (Å²) in [5, 5.41) is 11.3. The number of ether oxygens (including phenoxy) is 2. The lowest BCUT2D eigenvalue weighted by Gasteiger charge is -2.23. The highest BCUT2D eigenvalue weighted by atomic mass is 32.1. The summed E-state index contributed by atoms with van der Waals surface area (Å²) in [6.07, 6.45) is 6.08. The van der Waals surface area contributed by atoms with E-state index in [4.69, 9.17) is 9.47 Å². The number of thiazole rings is 1. The number of aromatic nitrogens is 2. The highest BCUT2D eigenvalue weighted by Crippen LogP contribution is 2.44. The molecule has 1 N–H and O–H groups in total. The molecule has 1 aromatic carbocycles. The van der Waals surface area contributed by atoms with E-state index in [0.29, 0.717) is 29.2 Å². The van der Waals surface area contributed by atoms with Gasteiger partial charge in [0.2, 0.25) is 0 Å². The highest BCUT2D eigenvalue weighted by Gasteiger charge is 2.48. The molecule has 0 radical (unpaired) electrons. The van der Waals surface area contributed by atoms with Gasteiger partial charge in [0.05, 0.1) is 30.5 Å². The van der Waals surface area contributed by atoms with Crippen molar-refractivity contribution in [2.24, 2.45) is 0 Å². The van der Waals surface area contributed by atoms with Crippen molar-refractivity contribution in [3.05, 3.63) is 76.1 Å². The summed E-state index contributed by atoms with van der Waals surface area (Å²) in [6, 6.07) is 9.18. The molecule has 3 aromatic rings. The Balaban J connectivity index is 1.79. The number of hydrogen-bond donors (Lipinski definition) is 1. The average Bonchev–Trinajstić information content (AvgIpc) is 3.43. The van der Waals surface area contributed by atoms with Crippen LogP contribution in [0.2, 0.25) is 0 Å². The largest absolute Gasteiger partial charge is 0.507 e. The fourth-order valence-electron chi connectivity index (χ4n) is 4.17. The van der Waals surface area contributed by atoms with Gasteiger partial charge >= 0.3 is 11.9 Å². The minimum atomic E-state index is -0.974. The third-order valence-corrected chi connectivity index (χ3v) is 7.20. The normalized spacial score (nSPS) is 16.6. The zero-order valence-corrected chi connectivity index (χ0v) is 22.3. The number of anilines is 1. The molecule has 0 saturated carbocycles. The number of pyridine rings is 1. The standard InChI is InChI=1S/C28H29N3O6S/c1-4-6-7-16-37-20-10-8-18(9-11-20)22-21(23(32)19-12-14-29-15-13-19)24(33)26(34)31(22)28-30-17(3)25(38-28)27(35)36-5-2/h8-15,22,32H,4-7,16H2,1-3H3/b23-21+. The Labute approximate surface area is 224 Å². The van der Waals surface area contributed by atoms with E-state index < -0.39 is 23.7 Å². The predicted molar refractivity (Wildman–Crippen MR) is 143 cm³/mol. The summed E-state index contributed by atoms with van der Waals surface area (Å²) in [5.41, 5.74) is 1.23. The van der Waals surface area contributed by atoms with E-state index in [9.17, 15) is 19.5 Å². The smallest absolute Gasteiger partial charge is 0.350 e. The average molecular weight is 536 g/mol. The Morgan fingerprint density at radius 2 is 1.79 bits per heavy atom. The molecule has 1 aliphatic rings. The Morgan fingerprint density at radius 1 is 1.08 bits per heavy atom. The minimum absolute atomic E-state index is 0.0802. The number of aliphatic hydroxyl groups excluding tert-OH is 1. The molecule has 3 heterocycles. The molecule has 10 heteroatoms. The second-order valence-corrected chi connectivity index (χ2v) is 9.64. The molecule has 0 bridgehead atoms. The Bertz CT molecular complexity index is 1350. The van der Waals surface area contributed by atoms with Crippen molar-refractivity contribution in [2.45, 2.75) is 46.1 Å². The zero-order valence-electron chi connectivity index (χ0n) is 21.5. The van der Waals surface area contributed by atoms with Crippen molar-refractivity contribution in [2.75, 3.05) is 18.1 Å². The summed E-state index contributed by atoms with van der Waals surface area (Å²) in [4.78, 5) is 49.0. The van der Waals surface area contributed by atoms with E-state index in [0.717, 1.165) is 30.6 Å². The number of aryl methyl sites for hydroxylation is 1. The van der Waals surface area contributed by atoms with Gasteiger partial charge < -0.3 is 14.6 Å². The minimum Gasteiger partial charge on any atom is -0.507 e. The van der Waals surface area contributed by atoms with E-state index >= 15 is 0 Å². The number of aliphatic hydroxyl groups is 1. The first-order valence-corrected chi connectivity index (χ1v) is 13.3. The van der Waals surface area contributed by atoms with Crippen molar-refractivity contribution >= 4 is 39.9 Å². The van der Waals surface area contributed by atoms with E-state index in [1.807, 2.05) is 0 Å². The molecule has 9 nitrogen and oxygen atoms in total. The Morgan fingerprint density at radius 3 is 2.45 bits per heavy atom. The third kappa shape index (κ3) is 5.45. The summed E-state index contributed by atoms with van der Waals surface area (Å²) in [5.74, 6) is -1.92. The molecule has 1 fully saturated rings. The molecule has 4 rings (SSSR count). The van der Waals surface area contributed by atoms with Crippen molar-refractivity contribution < 1.29 is 29.0 Å². The van der Waals surface area contributed by atoms with Gasteiger partial charge in [-0.05, 0) is 50.1 Å². The van der Waals surface area contributed by atoms with Crippen molar-refractivity contribution in [1.82, 2.24) is 9.97 Å². The second kappa shape index (κ2) is 12.0. The molecular weight excluding hydrogens is 506 g/mol. The van der Waals surface area contributed by atoms with Crippen LogP contribution in [0, 0.1) is 6.92 Å². The van der Waals surface area contributed by atoms with E-state index in [1.54, 1.807) is 50.2 Å². The highest BCUT2D eigenvalue weighted by molar-refractivity contribution is 7.17. The third-order valence-electron chi connectivity index (χ3n) is 6.06. The lowest BCUT2D eigenvalue weighted by atomic mass is 9.95. The molecule has 0 spiro atoms. The number of Topliss-reactive ketones (excluding diaryl/α,β-unsaturated/α-hetero) is 1. The topological polar surface area (TPSA) is 119 Å². The van der Waals surface area contributed by atoms with Gasteiger partial charge in [0, 0.05) is 18.0 Å². The number of unbranched alkanes of at least 4 members (excludes halogenated alkanes) is 2. The molecular formula is C28H29N3O6S. The van der Waals surface area contributed by atoms with Crippen LogP contribution in [-0.4, -0.2) is 45.9 Å². The summed E-state index contributed by atoms with van der Waals surface area (Å²) >= 11 is 0.966. The van der Waals surface area contributed by atoms with Gasteiger partial charge in [-0.25, -0.2) is 9.78 Å². The van der Waals surface area contributed by atoms with Gasteiger partial charge in [0.15, 0.2) is 5.13 Å².